The number of rotatable bonds is 4. The molecule has 1 amide bonds. The number of H-pyrrole nitrogens is 1. The van der Waals surface area contributed by atoms with Gasteiger partial charge in [0, 0.05) is 5.57 Å². The van der Waals surface area contributed by atoms with Gasteiger partial charge in [0.15, 0.2) is 5.82 Å². The van der Waals surface area contributed by atoms with E-state index in [2.05, 4.69) is 25.9 Å². The highest BCUT2D eigenvalue weighted by molar-refractivity contribution is 6.04. The third-order valence-electron chi connectivity index (χ3n) is 3.34. The Morgan fingerprint density at radius 2 is 2.14 bits per heavy atom. The van der Waals surface area contributed by atoms with Crippen molar-refractivity contribution in [3.05, 3.63) is 35.2 Å². The number of allylic oxidation sites excluding steroid dienone is 1. The van der Waals surface area contributed by atoms with Crippen LogP contribution in [0.1, 0.15) is 27.2 Å². The van der Waals surface area contributed by atoms with Crippen LogP contribution in [0.3, 0.4) is 0 Å². The van der Waals surface area contributed by atoms with E-state index < -0.39 is 5.82 Å². The fourth-order valence-electron chi connectivity index (χ4n) is 1.75. The first-order chi connectivity index (χ1) is 10.0. The molecule has 0 aliphatic heterocycles. The fourth-order valence-corrected chi connectivity index (χ4v) is 1.75. The molecule has 1 aromatic heterocycles. The summed E-state index contributed by atoms with van der Waals surface area (Å²) in [6, 6.07) is 4.64. The number of nitrogens with one attached hydrogen (secondary N) is 2. The van der Waals surface area contributed by atoms with Crippen molar-refractivity contribution < 1.29 is 9.18 Å². The van der Waals surface area contributed by atoms with Crippen LogP contribution in [-0.2, 0) is 4.79 Å². The summed E-state index contributed by atoms with van der Waals surface area (Å²) in [5, 5.41) is 15.7. The van der Waals surface area contributed by atoms with Gasteiger partial charge in [0.05, 0.1) is 11.3 Å². The Labute approximate surface area is 121 Å². The van der Waals surface area contributed by atoms with Gasteiger partial charge in [-0.2, -0.15) is 5.21 Å². The quantitative estimate of drug-likeness (QED) is 0.848. The minimum Gasteiger partial charge on any atom is -0.320 e. The van der Waals surface area contributed by atoms with Crippen LogP contribution in [-0.4, -0.2) is 26.5 Å². The summed E-state index contributed by atoms with van der Waals surface area (Å²) in [5.41, 5.74) is 1.81. The zero-order chi connectivity index (χ0) is 15.4. The summed E-state index contributed by atoms with van der Waals surface area (Å²) in [7, 11) is 0. The summed E-state index contributed by atoms with van der Waals surface area (Å²) in [5.74, 6) is -0.770. The zero-order valence-corrected chi connectivity index (χ0v) is 12.1. The average Bonchev–Trinajstić information content (AvgIpc) is 3.01. The molecule has 2 N–H and O–H groups in total. The second kappa shape index (κ2) is 6.25. The topological polar surface area (TPSA) is 83.6 Å². The minimum atomic E-state index is -0.589. The minimum absolute atomic E-state index is 0.0885. The van der Waals surface area contributed by atoms with Gasteiger partial charge >= 0.3 is 0 Å². The number of hydrogen-bond donors (Lipinski definition) is 2. The van der Waals surface area contributed by atoms with E-state index in [9.17, 15) is 9.18 Å². The van der Waals surface area contributed by atoms with Gasteiger partial charge < -0.3 is 5.32 Å². The maximum absolute atomic E-state index is 14.4. The molecule has 1 heterocycles. The first-order valence-electron chi connectivity index (χ1n) is 6.54. The zero-order valence-electron chi connectivity index (χ0n) is 12.1. The van der Waals surface area contributed by atoms with Crippen molar-refractivity contribution in [3.8, 4) is 11.4 Å². The molecule has 0 atom stereocenters. The van der Waals surface area contributed by atoms with Crippen LogP contribution in [0.25, 0.3) is 11.4 Å². The highest BCUT2D eigenvalue weighted by Crippen LogP contribution is 2.25. The van der Waals surface area contributed by atoms with Gasteiger partial charge in [0.1, 0.15) is 0 Å². The molecule has 2 aromatic rings. The molecule has 0 saturated carbocycles. The van der Waals surface area contributed by atoms with Gasteiger partial charge in [-0.1, -0.05) is 18.6 Å². The molecule has 0 radical (unpaired) electrons. The van der Waals surface area contributed by atoms with Crippen molar-refractivity contribution in [3.63, 3.8) is 0 Å². The Bertz CT molecular complexity index is 679. The smallest absolute Gasteiger partial charge is 0.251 e. The maximum atomic E-state index is 14.4. The lowest BCUT2D eigenvalue weighted by Crippen LogP contribution is -2.15. The molecule has 7 heteroatoms. The lowest BCUT2D eigenvalue weighted by Gasteiger charge is -2.10. The molecule has 1 aromatic carbocycles. The molecule has 0 saturated heterocycles. The predicted octanol–water partition coefficient (Wildman–Crippen LogP) is 2.69. The number of aromatic nitrogens is 4. The van der Waals surface area contributed by atoms with Crippen LogP contribution < -0.4 is 5.32 Å². The molecule has 0 bridgehead atoms. The van der Waals surface area contributed by atoms with Gasteiger partial charge in [0.2, 0.25) is 5.82 Å². The number of nitrogens with zero attached hydrogens (tertiary/aromatic N) is 3. The summed E-state index contributed by atoms with van der Waals surface area (Å²) in [6.45, 7) is 5.56. The van der Waals surface area contributed by atoms with Crippen molar-refractivity contribution in [2.45, 2.75) is 27.2 Å². The summed E-state index contributed by atoms with van der Waals surface area (Å²) in [4.78, 5) is 12.1. The number of halogens is 1. The van der Waals surface area contributed by atoms with Crippen molar-refractivity contribution >= 4 is 11.6 Å². The number of aromatic amines is 1. The van der Waals surface area contributed by atoms with Crippen LogP contribution in [0.5, 0.6) is 0 Å². The molecular formula is C14H16FN5O. The van der Waals surface area contributed by atoms with E-state index in [4.69, 9.17) is 0 Å². The third kappa shape index (κ3) is 3.13. The molecule has 0 unspecified atom stereocenters. The average molecular weight is 289 g/mol. The number of amides is 1. The molecule has 0 spiro atoms. The first-order valence-corrected chi connectivity index (χ1v) is 6.54. The van der Waals surface area contributed by atoms with Crippen LogP contribution in [0, 0.1) is 5.82 Å². The van der Waals surface area contributed by atoms with Gasteiger partial charge in [-0.05, 0) is 37.6 Å². The van der Waals surface area contributed by atoms with E-state index in [1.165, 1.54) is 12.1 Å². The number of carbonyl (C=O) groups is 1. The van der Waals surface area contributed by atoms with E-state index >= 15 is 0 Å². The van der Waals surface area contributed by atoms with E-state index in [0.717, 1.165) is 12.0 Å². The monoisotopic (exact) mass is 289 g/mol. The number of benzene rings is 1. The second-order valence-electron chi connectivity index (χ2n) is 4.62. The standard InChI is InChI=1S/C14H16FN5O/c1-4-8(2)9(3)14(21)16-11-7-5-6-10(12(11)15)13-17-19-20-18-13/h5-7H,4H2,1-3H3,(H,16,21)(H,17,18,19,20)/b9-8+. The second-order valence-corrected chi connectivity index (χ2v) is 4.62. The maximum Gasteiger partial charge on any atom is 0.251 e. The highest BCUT2D eigenvalue weighted by atomic mass is 19.1. The van der Waals surface area contributed by atoms with Crippen molar-refractivity contribution in [1.29, 1.82) is 0 Å². The summed E-state index contributed by atoms with van der Waals surface area (Å²) in [6.07, 6.45) is 0.768. The number of tetrazole rings is 1. The van der Waals surface area contributed by atoms with Gasteiger partial charge in [-0.25, -0.2) is 4.39 Å². The Hall–Kier alpha value is -2.57. The summed E-state index contributed by atoms with van der Waals surface area (Å²) < 4.78 is 14.4. The van der Waals surface area contributed by atoms with E-state index in [0.29, 0.717) is 5.57 Å². The fraction of sp³-hybridized carbons (Fsp3) is 0.286. The van der Waals surface area contributed by atoms with E-state index in [1.54, 1.807) is 13.0 Å². The number of carbonyl (C=O) groups excluding carboxylic acids is 1. The third-order valence-corrected chi connectivity index (χ3v) is 3.34. The molecule has 110 valence electrons. The van der Waals surface area contributed by atoms with Crippen molar-refractivity contribution in [1.82, 2.24) is 20.6 Å². The van der Waals surface area contributed by atoms with Crippen molar-refractivity contribution in [2.75, 3.05) is 5.32 Å². The SMILES string of the molecule is CC/C(C)=C(\C)C(=O)Nc1cccc(-c2nn[nH]n2)c1F. The Kier molecular flexibility index (Phi) is 4.42. The van der Waals surface area contributed by atoms with Gasteiger partial charge in [-0.3, -0.25) is 4.79 Å². The lowest BCUT2D eigenvalue weighted by molar-refractivity contribution is -0.112. The molecular weight excluding hydrogens is 273 g/mol. The predicted molar refractivity (Wildman–Crippen MR) is 76.9 cm³/mol. The number of hydrogen-bond acceptors (Lipinski definition) is 4. The van der Waals surface area contributed by atoms with Crippen molar-refractivity contribution in [2.24, 2.45) is 0 Å². The van der Waals surface area contributed by atoms with Crippen LogP contribution in [0.4, 0.5) is 10.1 Å². The van der Waals surface area contributed by atoms with E-state index in [1.807, 2.05) is 13.8 Å². The normalized spacial score (nSPS) is 12.0. The summed E-state index contributed by atoms with van der Waals surface area (Å²) >= 11 is 0. The molecule has 0 fully saturated rings. The van der Waals surface area contributed by atoms with E-state index in [-0.39, 0.29) is 23.0 Å². The molecule has 0 aliphatic rings. The molecule has 0 aliphatic carbocycles. The van der Waals surface area contributed by atoms with Crippen LogP contribution in [0.15, 0.2) is 29.3 Å². The molecule has 21 heavy (non-hydrogen) atoms. The molecule has 2 rings (SSSR count). The Morgan fingerprint density at radius 3 is 2.76 bits per heavy atom. The van der Waals surface area contributed by atoms with Gasteiger partial charge in [0.25, 0.3) is 5.91 Å². The first kappa shape index (κ1) is 14.8. The lowest BCUT2D eigenvalue weighted by atomic mass is 10.1. The highest BCUT2D eigenvalue weighted by Gasteiger charge is 2.16. The van der Waals surface area contributed by atoms with Crippen LogP contribution >= 0.6 is 0 Å². The molecule has 6 nitrogen and oxygen atoms in total. The van der Waals surface area contributed by atoms with Crippen LogP contribution in [0.2, 0.25) is 0 Å². The number of anilines is 1. The van der Waals surface area contributed by atoms with Gasteiger partial charge in [-0.15, -0.1) is 10.2 Å². The largest absolute Gasteiger partial charge is 0.320 e. The Balaban J connectivity index is 2.30. The Morgan fingerprint density at radius 1 is 1.38 bits per heavy atom.